The van der Waals surface area contributed by atoms with Crippen molar-refractivity contribution in [3.63, 3.8) is 0 Å². The van der Waals surface area contributed by atoms with Gasteiger partial charge in [0, 0.05) is 16.8 Å². The van der Waals surface area contributed by atoms with E-state index in [1.54, 1.807) is 0 Å². The number of carbonyl (C=O) groups excluding carboxylic acids is 3. The van der Waals surface area contributed by atoms with E-state index in [0.717, 1.165) is 36.4 Å². The summed E-state index contributed by atoms with van der Waals surface area (Å²) in [6, 6.07) is 11.0. The van der Waals surface area contributed by atoms with E-state index < -0.39 is 62.5 Å². The van der Waals surface area contributed by atoms with Crippen LogP contribution in [-0.2, 0) is 21.0 Å². The van der Waals surface area contributed by atoms with E-state index in [-0.39, 0.29) is 16.8 Å². The highest BCUT2D eigenvalue weighted by atomic mass is 32.2. The highest BCUT2D eigenvalue weighted by Crippen LogP contribution is 2.33. The summed E-state index contributed by atoms with van der Waals surface area (Å²) in [5, 5.41) is 2.16. The van der Waals surface area contributed by atoms with E-state index in [9.17, 15) is 40.4 Å². The minimum Gasteiger partial charge on any atom is -0.325 e. The molecule has 1 unspecified atom stereocenters. The average Bonchev–Trinajstić information content (AvgIpc) is 2.82. The van der Waals surface area contributed by atoms with Gasteiger partial charge in [-0.2, -0.15) is 17.5 Å². The Labute approximate surface area is 202 Å². The van der Waals surface area contributed by atoms with Crippen LogP contribution in [0, 0.1) is 5.82 Å². The standard InChI is InChI=1S/C24H16F4N2O5S/c25-16-7-3-5-14(11-16)22(32)21-23(33)18-9-1-2-10-19(18)36(34,35)30(21)13-20(31)29-17-8-4-6-15(12-17)24(26,27)28/h1-12,21H,13H2,(H,29,31). The van der Waals surface area contributed by atoms with Gasteiger partial charge in [0.1, 0.15) is 5.82 Å². The van der Waals surface area contributed by atoms with E-state index in [1.165, 1.54) is 30.3 Å². The number of ketones is 2. The van der Waals surface area contributed by atoms with Gasteiger partial charge in [0.05, 0.1) is 17.0 Å². The average molecular weight is 520 g/mol. The number of nitrogens with zero attached hydrogens (tertiary/aromatic N) is 1. The number of carbonyl (C=O) groups is 3. The molecule has 1 aliphatic rings. The van der Waals surface area contributed by atoms with Crippen LogP contribution in [0.5, 0.6) is 0 Å². The zero-order valence-electron chi connectivity index (χ0n) is 18.1. The SMILES string of the molecule is O=C(CN1C(C(=O)c2cccc(F)c2)C(=O)c2ccccc2S1(=O)=O)Nc1cccc(C(F)(F)F)c1. The van der Waals surface area contributed by atoms with Crippen molar-refractivity contribution < 1.29 is 40.4 Å². The van der Waals surface area contributed by atoms with E-state index in [2.05, 4.69) is 5.32 Å². The quantitative estimate of drug-likeness (QED) is 0.312. The number of fused-ring (bicyclic) bond motifs is 1. The number of amides is 1. The molecule has 0 saturated heterocycles. The molecular formula is C24H16F4N2O5S. The Hall–Kier alpha value is -3.90. The lowest BCUT2D eigenvalue weighted by Gasteiger charge is -2.33. The maximum Gasteiger partial charge on any atom is 0.416 e. The highest BCUT2D eigenvalue weighted by molar-refractivity contribution is 7.89. The number of Topliss-reactive ketones (excluding diaryl/α,β-unsaturated/α-hetero) is 2. The number of rotatable bonds is 5. The second-order valence-corrected chi connectivity index (χ2v) is 9.67. The maximum atomic E-state index is 13.7. The van der Waals surface area contributed by atoms with Crippen LogP contribution in [0.4, 0.5) is 23.2 Å². The molecule has 0 saturated carbocycles. The molecule has 0 spiro atoms. The number of benzene rings is 3. The number of alkyl halides is 3. The third-order valence-corrected chi connectivity index (χ3v) is 7.28. The van der Waals surface area contributed by atoms with Gasteiger partial charge in [0.25, 0.3) is 0 Å². The summed E-state index contributed by atoms with van der Waals surface area (Å²) in [5.74, 6) is -3.89. The molecule has 3 aromatic carbocycles. The summed E-state index contributed by atoms with van der Waals surface area (Å²) in [6.07, 6.45) is -4.68. The lowest BCUT2D eigenvalue weighted by Crippen LogP contribution is -2.55. The van der Waals surface area contributed by atoms with Crippen LogP contribution in [0.15, 0.2) is 77.7 Å². The van der Waals surface area contributed by atoms with E-state index >= 15 is 0 Å². The van der Waals surface area contributed by atoms with Gasteiger partial charge < -0.3 is 5.32 Å². The first-order chi connectivity index (χ1) is 16.9. The van der Waals surface area contributed by atoms with Crippen LogP contribution in [-0.4, -0.2) is 42.8 Å². The smallest absolute Gasteiger partial charge is 0.325 e. The summed E-state index contributed by atoms with van der Waals surface area (Å²) in [4.78, 5) is 38.7. The largest absolute Gasteiger partial charge is 0.416 e. The molecule has 1 amide bonds. The summed E-state index contributed by atoms with van der Waals surface area (Å²) >= 11 is 0. The summed E-state index contributed by atoms with van der Waals surface area (Å²) in [6.45, 7) is -1.07. The molecule has 0 radical (unpaired) electrons. The zero-order valence-corrected chi connectivity index (χ0v) is 18.9. The molecule has 0 aliphatic carbocycles. The fourth-order valence-electron chi connectivity index (χ4n) is 3.78. The van der Waals surface area contributed by atoms with Crippen molar-refractivity contribution in [1.29, 1.82) is 0 Å². The van der Waals surface area contributed by atoms with Gasteiger partial charge in [0.2, 0.25) is 15.9 Å². The minimum atomic E-state index is -4.68. The topological polar surface area (TPSA) is 101 Å². The molecule has 0 aromatic heterocycles. The van der Waals surface area contributed by atoms with Crippen LogP contribution in [0.3, 0.4) is 0 Å². The van der Waals surface area contributed by atoms with Gasteiger partial charge in [-0.1, -0.05) is 30.3 Å². The second kappa shape index (κ2) is 9.28. The Morgan fingerprint density at radius 3 is 2.33 bits per heavy atom. The van der Waals surface area contributed by atoms with Crippen molar-refractivity contribution in [2.24, 2.45) is 0 Å². The number of halogens is 4. The van der Waals surface area contributed by atoms with Crippen molar-refractivity contribution in [1.82, 2.24) is 4.31 Å². The van der Waals surface area contributed by atoms with Crippen LogP contribution in [0.1, 0.15) is 26.3 Å². The van der Waals surface area contributed by atoms with Crippen molar-refractivity contribution in [2.45, 2.75) is 17.1 Å². The van der Waals surface area contributed by atoms with Crippen LogP contribution >= 0.6 is 0 Å². The zero-order chi connectivity index (χ0) is 26.3. The van der Waals surface area contributed by atoms with Crippen molar-refractivity contribution in [3.8, 4) is 0 Å². The van der Waals surface area contributed by atoms with Gasteiger partial charge in [-0.3, -0.25) is 14.4 Å². The Morgan fingerprint density at radius 1 is 0.944 bits per heavy atom. The van der Waals surface area contributed by atoms with E-state index in [0.29, 0.717) is 10.4 Å². The number of nitrogens with one attached hydrogen (secondary N) is 1. The molecule has 186 valence electrons. The molecule has 0 bridgehead atoms. The molecule has 1 heterocycles. The Bertz CT molecular complexity index is 1490. The monoisotopic (exact) mass is 520 g/mol. The summed E-state index contributed by atoms with van der Waals surface area (Å²) in [7, 11) is -4.59. The number of hydrogen-bond donors (Lipinski definition) is 1. The second-order valence-electron chi connectivity index (χ2n) is 7.81. The molecule has 4 rings (SSSR count). The van der Waals surface area contributed by atoms with Crippen molar-refractivity contribution in [2.75, 3.05) is 11.9 Å². The first kappa shape index (κ1) is 25.2. The Kier molecular flexibility index (Phi) is 6.50. The van der Waals surface area contributed by atoms with Crippen LogP contribution in [0.2, 0.25) is 0 Å². The fraction of sp³-hybridized carbons (Fsp3) is 0.125. The van der Waals surface area contributed by atoms with E-state index in [4.69, 9.17) is 0 Å². The fourth-order valence-corrected chi connectivity index (χ4v) is 5.49. The molecule has 36 heavy (non-hydrogen) atoms. The third kappa shape index (κ3) is 4.77. The van der Waals surface area contributed by atoms with E-state index in [1.807, 2.05) is 0 Å². The molecule has 1 N–H and O–H groups in total. The van der Waals surface area contributed by atoms with Gasteiger partial charge in [-0.15, -0.1) is 0 Å². The number of anilines is 1. The Morgan fingerprint density at radius 2 is 1.64 bits per heavy atom. The number of hydrogen-bond acceptors (Lipinski definition) is 5. The molecule has 1 atom stereocenters. The Balaban J connectivity index is 1.72. The first-order valence-electron chi connectivity index (χ1n) is 10.3. The number of sulfonamides is 1. The van der Waals surface area contributed by atoms with Gasteiger partial charge in [-0.25, -0.2) is 12.8 Å². The molecule has 0 fully saturated rings. The predicted octanol–water partition coefficient (Wildman–Crippen LogP) is 3.92. The van der Waals surface area contributed by atoms with Crippen molar-refractivity contribution >= 4 is 33.2 Å². The lowest BCUT2D eigenvalue weighted by molar-refractivity contribution is -0.137. The van der Waals surface area contributed by atoms with Crippen molar-refractivity contribution in [3.05, 3.63) is 95.3 Å². The van der Waals surface area contributed by atoms with Gasteiger partial charge in [-0.05, 0) is 42.5 Å². The van der Waals surface area contributed by atoms with Gasteiger partial charge >= 0.3 is 6.18 Å². The van der Waals surface area contributed by atoms with Crippen LogP contribution < -0.4 is 5.32 Å². The maximum absolute atomic E-state index is 13.7. The highest BCUT2D eigenvalue weighted by Gasteiger charge is 2.48. The normalized spacial score (nSPS) is 17.3. The van der Waals surface area contributed by atoms with Crippen LogP contribution in [0.25, 0.3) is 0 Å². The summed E-state index contributed by atoms with van der Waals surface area (Å²) in [5.41, 5.74) is -1.90. The minimum absolute atomic E-state index is 0.274. The predicted molar refractivity (Wildman–Crippen MR) is 119 cm³/mol. The molecule has 1 aliphatic heterocycles. The molecular weight excluding hydrogens is 504 g/mol. The summed E-state index contributed by atoms with van der Waals surface area (Å²) < 4.78 is 79.8. The third-order valence-electron chi connectivity index (χ3n) is 5.41. The first-order valence-corrected chi connectivity index (χ1v) is 11.8. The van der Waals surface area contributed by atoms with Gasteiger partial charge in [0.15, 0.2) is 17.6 Å². The molecule has 3 aromatic rings. The molecule has 7 nitrogen and oxygen atoms in total. The molecule has 12 heteroatoms. The lowest BCUT2D eigenvalue weighted by atomic mass is 9.95.